The molecule has 2 aliphatic rings. The molecule has 7 nitrogen and oxygen atoms in total. The smallest absolute Gasteiger partial charge is 0.269 e. The molecule has 3 N–H and O–H groups in total. The van der Waals surface area contributed by atoms with Gasteiger partial charge in [0.15, 0.2) is 11.5 Å². The van der Waals surface area contributed by atoms with Crippen LogP contribution in [-0.4, -0.2) is 43.0 Å². The number of hydrogen-bond acceptors (Lipinski definition) is 6. The SMILES string of the molecule is CN1CCc2c(sc(NC(=O)[C@H]3COc4ccccc4O3)c2C(N)=O)C1. The largest absolute Gasteiger partial charge is 0.485 e. The lowest BCUT2D eigenvalue weighted by atomic mass is 10.0. The highest BCUT2D eigenvalue weighted by atomic mass is 32.1. The number of thiophene rings is 1. The number of fused-ring (bicyclic) bond motifs is 2. The molecule has 2 aromatic rings. The van der Waals surface area contributed by atoms with Crippen molar-refractivity contribution in [1.29, 1.82) is 0 Å². The van der Waals surface area contributed by atoms with E-state index in [0.717, 1.165) is 30.0 Å². The van der Waals surface area contributed by atoms with Gasteiger partial charge in [0.1, 0.15) is 11.6 Å². The minimum Gasteiger partial charge on any atom is -0.485 e. The monoisotopic (exact) mass is 373 g/mol. The van der Waals surface area contributed by atoms with Crippen LogP contribution in [0.3, 0.4) is 0 Å². The molecule has 0 bridgehead atoms. The second-order valence-corrected chi connectivity index (χ2v) is 7.52. The van der Waals surface area contributed by atoms with Crippen molar-refractivity contribution in [3.05, 3.63) is 40.3 Å². The molecule has 0 aliphatic carbocycles. The van der Waals surface area contributed by atoms with Crippen molar-refractivity contribution in [2.45, 2.75) is 19.1 Å². The molecule has 136 valence electrons. The number of ether oxygens (including phenoxy) is 2. The van der Waals surface area contributed by atoms with Crippen molar-refractivity contribution in [3.8, 4) is 11.5 Å². The maximum atomic E-state index is 12.7. The van der Waals surface area contributed by atoms with Gasteiger partial charge in [0, 0.05) is 18.0 Å². The lowest BCUT2D eigenvalue weighted by Crippen LogP contribution is -2.40. The fourth-order valence-corrected chi connectivity index (χ4v) is 4.56. The normalized spacial score (nSPS) is 18.9. The third-order valence-corrected chi connectivity index (χ3v) is 5.66. The molecule has 0 saturated heterocycles. The number of hydrogen-bond donors (Lipinski definition) is 2. The van der Waals surface area contributed by atoms with Crippen LogP contribution >= 0.6 is 11.3 Å². The van der Waals surface area contributed by atoms with Gasteiger partial charge in [-0.15, -0.1) is 11.3 Å². The second-order valence-electron chi connectivity index (χ2n) is 6.41. The molecule has 4 rings (SSSR count). The number of amides is 2. The highest BCUT2D eigenvalue weighted by Crippen LogP contribution is 2.37. The Morgan fingerprint density at radius 3 is 2.85 bits per heavy atom. The van der Waals surface area contributed by atoms with Crippen molar-refractivity contribution >= 4 is 28.2 Å². The number of nitrogens with two attached hydrogens (primary N) is 1. The minimum absolute atomic E-state index is 0.114. The van der Waals surface area contributed by atoms with E-state index in [4.69, 9.17) is 15.2 Å². The molecule has 1 aromatic heterocycles. The van der Waals surface area contributed by atoms with Gasteiger partial charge in [-0.05, 0) is 31.2 Å². The molecule has 0 fully saturated rings. The zero-order valence-corrected chi connectivity index (χ0v) is 15.1. The number of primary amides is 1. The van der Waals surface area contributed by atoms with Crippen molar-refractivity contribution in [2.75, 3.05) is 25.5 Å². The van der Waals surface area contributed by atoms with Crippen LogP contribution in [0.4, 0.5) is 5.00 Å². The molecule has 3 heterocycles. The van der Waals surface area contributed by atoms with Crippen molar-refractivity contribution < 1.29 is 19.1 Å². The number of nitrogens with zero attached hydrogens (tertiary/aromatic N) is 1. The average Bonchev–Trinajstić information content (AvgIpc) is 2.98. The van der Waals surface area contributed by atoms with Crippen LogP contribution < -0.4 is 20.5 Å². The molecule has 0 spiro atoms. The molecular weight excluding hydrogens is 354 g/mol. The number of anilines is 1. The van der Waals surface area contributed by atoms with Crippen molar-refractivity contribution in [3.63, 3.8) is 0 Å². The number of benzene rings is 1. The summed E-state index contributed by atoms with van der Waals surface area (Å²) in [5.41, 5.74) is 6.95. The lowest BCUT2D eigenvalue weighted by Gasteiger charge is -2.25. The molecule has 0 saturated carbocycles. The van der Waals surface area contributed by atoms with Gasteiger partial charge in [-0.2, -0.15) is 0 Å². The molecule has 2 aliphatic heterocycles. The van der Waals surface area contributed by atoms with Gasteiger partial charge < -0.3 is 25.4 Å². The average molecular weight is 373 g/mol. The first-order valence-corrected chi connectivity index (χ1v) is 9.17. The summed E-state index contributed by atoms with van der Waals surface area (Å²) < 4.78 is 11.3. The third kappa shape index (κ3) is 3.02. The van der Waals surface area contributed by atoms with Gasteiger partial charge in [-0.3, -0.25) is 9.59 Å². The molecular formula is C18H19N3O4S. The number of para-hydroxylation sites is 2. The Hall–Kier alpha value is -2.58. The fraction of sp³-hybridized carbons (Fsp3) is 0.333. The summed E-state index contributed by atoms with van der Waals surface area (Å²) >= 11 is 1.40. The first-order chi connectivity index (χ1) is 12.5. The van der Waals surface area contributed by atoms with Crippen LogP contribution in [0.5, 0.6) is 11.5 Å². The van der Waals surface area contributed by atoms with E-state index in [1.165, 1.54) is 11.3 Å². The highest BCUT2D eigenvalue weighted by molar-refractivity contribution is 7.17. The van der Waals surface area contributed by atoms with E-state index in [9.17, 15) is 9.59 Å². The molecule has 26 heavy (non-hydrogen) atoms. The number of likely N-dealkylation sites (N-methyl/N-ethyl adjacent to an activating group) is 1. The summed E-state index contributed by atoms with van der Waals surface area (Å²) in [5.74, 6) is 0.271. The maximum absolute atomic E-state index is 12.7. The number of carbonyl (C=O) groups is 2. The van der Waals surface area contributed by atoms with Gasteiger partial charge >= 0.3 is 0 Å². The van der Waals surface area contributed by atoms with Crippen molar-refractivity contribution in [1.82, 2.24) is 4.90 Å². The molecule has 1 atom stereocenters. The maximum Gasteiger partial charge on any atom is 0.269 e. The van der Waals surface area contributed by atoms with Gasteiger partial charge in [-0.25, -0.2) is 0 Å². The standard InChI is InChI=1S/C18H19N3O4S/c1-21-7-6-10-14(8-21)26-18(15(10)16(19)22)20-17(23)13-9-24-11-4-2-3-5-12(11)25-13/h2-5,13H,6-9H2,1H3,(H2,19,22)(H,20,23)/t13-/m1/s1. The molecule has 8 heteroatoms. The summed E-state index contributed by atoms with van der Waals surface area (Å²) in [6.07, 6.45) is -0.0418. The summed E-state index contributed by atoms with van der Waals surface area (Å²) in [5, 5.41) is 3.31. The zero-order valence-electron chi connectivity index (χ0n) is 14.3. The van der Waals surface area contributed by atoms with Gasteiger partial charge in [0.2, 0.25) is 6.10 Å². The van der Waals surface area contributed by atoms with E-state index in [2.05, 4.69) is 10.2 Å². The number of nitrogens with one attached hydrogen (secondary N) is 1. The zero-order chi connectivity index (χ0) is 18.3. The third-order valence-electron chi connectivity index (χ3n) is 4.53. The Morgan fingerprint density at radius 1 is 1.31 bits per heavy atom. The Balaban J connectivity index is 1.56. The summed E-state index contributed by atoms with van der Waals surface area (Å²) in [4.78, 5) is 27.9. The fourth-order valence-electron chi connectivity index (χ4n) is 3.22. The number of rotatable bonds is 3. The van der Waals surface area contributed by atoms with Crippen LogP contribution in [0, 0.1) is 0 Å². The highest BCUT2D eigenvalue weighted by Gasteiger charge is 2.31. The Labute approximate surface area is 154 Å². The van der Waals surface area contributed by atoms with Crippen LogP contribution in [0.15, 0.2) is 24.3 Å². The summed E-state index contributed by atoms with van der Waals surface area (Å²) in [6, 6.07) is 7.20. The molecule has 1 aromatic carbocycles. The van der Waals surface area contributed by atoms with E-state index < -0.39 is 12.0 Å². The van der Waals surface area contributed by atoms with E-state index in [0.29, 0.717) is 22.1 Å². The van der Waals surface area contributed by atoms with Crippen LogP contribution in [0.25, 0.3) is 0 Å². The van der Waals surface area contributed by atoms with Crippen LogP contribution in [0.1, 0.15) is 20.8 Å². The Bertz CT molecular complexity index is 879. The first kappa shape index (κ1) is 16.9. The molecule has 0 radical (unpaired) electrons. The summed E-state index contributed by atoms with van der Waals surface area (Å²) in [6.45, 7) is 1.71. The lowest BCUT2D eigenvalue weighted by molar-refractivity contribution is -0.125. The minimum atomic E-state index is -0.785. The van der Waals surface area contributed by atoms with E-state index in [1.807, 2.05) is 19.2 Å². The van der Waals surface area contributed by atoms with E-state index >= 15 is 0 Å². The van der Waals surface area contributed by atoms with Gasteiger partial charge in [0.25, 0.3) is 11.8 Å². The Kier molecular flexibility index (Phi) is 4.29. The predicted molar refractivity (Wildman–Crippen MR) is 97.9 cm³/mol. The van der Waals surface area contributed by atoms with E-state index in [-0.39, 0.29) is 12.5 Å². The van der Waals surface area contributed by atoms with Crippen molar-refractivity contribution in [2.24, 2.45) is 5.73 Å². The second kappa shape index (κ2) is 6.62. The molecule has 0 unspecified atom stereocenters. The van der Waals surface area contributed by atoms with E-state index in [1.54, 1.807) is 12.1 Å². The van der Waals surface area contributed by atoms with Gasteiger partial charge in [0.05, 0.1) is 5.56 Å². The van der Waals surface area contributed by atoms with Gasteiger partial charge in [-0.1, -0.05) is 12.1 Å². The predicted octanol–water partition coefficient (Wildman–Crippen LogP) is 1.61. The first-order valence-electron chi connectivity index (χ1n) is 8.35. The number of carbonyl (C=O) groups excluding carboxylic acids is 2. The topological polar surface area (TPSA) is 93.9 Å². The van der Waals surface area contributed by atoms with Crippen LogP contribution in [-0.2, 0) is 17.8 Å². The summed E-state index contributed by atoms with van der Waals surface area (Å²) in [7, 11) is 2.02. The quantitative estimate of drug-likeness (QED) is 0.853. The van der Waals surface area contributed by atoms with Crippen LogP contribution in [0.2, 0.25) is 0 Å². The Morgan fingerprint density at radius 2 is 2.08 bits per heavy atom. The molecule has 2 amide bonds.